The number of benzene rings is 1. The van der Waals surface area contributed by atoms with Crippen molar-refractivity contribution in [3.8, 4) is 0 Å². The third kappa shape index (κ3) is 3.73. The molecular formula is C16H25N3O2. The van der Waals surface area contributed by atoms with Crippen molar-refractivity contribution in [2.24, 2.45) is 5.92 Å². The molecule has 0 aromatic heterocycles. The summed E-state index contributed by atoms with van der Waals surface area (Å²) in [5.41, 5.74) is 1.92. The summed E-state index contributed by atoms with van der Waals surface area (Å²) in [6.45, 7) is 9.16. The van der Waals surface area contributed by atoms with Gasteiger partial charge in [-0.3, -0.25) is 15.0 Å². The van der Waals surface area contributed by atoms with E-state index in [4.69, 9.17) is 0 Å². The topological polar surface area (TPSA) is 58.4 Å². The number of hydrogen-bond acceptors (Lipinski definition) is 4. The largest absolute Gasteiger partial charge is 0.380 e. The number of anilines is 1. The average Bonchev–Trinajstić information content (AvgIpc) is 2.87. The van der Waals surface area contributed by atoms with Crippen LogP contribution in [0.2, 0.25) is 0 Å². The number of hydrogen-bond donors (Lipinski definition) is 1. The maximum absolute atomic E-state index is 11.0. The number of nitro benzene ring substituents is 1. The molecule has 1 aliphatic heterocycles. The monoisotopic (exact) mass is 291 g/mol. The number of nitrogens with one attached hydrogen (secondary N) is 1. The molecular weight excluding hydrogens is 266 g/mol. The second-order valence-corrected chi connectivity index (χ2v) is 6.06. The molecule has 5 nitrogen and oxygen atoms in total. The van der Waals surface area contributed by atoms with Gasteiger partial charge in [-0.1, -0.05) is 19.9 Å². The van der Waals surface area contributed by atoms with E-state index >= 15 is 0 Å². The zero-order valence-corrected chi connectivity index (χ0v) is 13.1. The predicted molar refractivity (Wildman–Crippen MR) is 85.5 cm³/mol. The summed E-state index contributed by atoms with van der Waals surface area (Å²) in [6, 6.07) is 6.06. The van der Waals surface area contributed by atoms with E-state index in [2.05, 4.69) is 24.1 Å². The van der Waals surface area contributed by atoms with Crippen LogP contribution in [0.25, 0.3) is 0 Å². The summed E-state index contributed by atoms with van der Waals surface area (Å²) in [6.07, 6.45) is 2.50. The van der Waals surface area contributed by atoms with Crippen molar-refractivity contribution < 1.29 is 4.92 Å². The van der Waals surface area contributed by atoms with E-state index < -0.39 is 0 Å². The van der Waals surface area contributed by atoms with Crippen LogP contribution in [-0.2, 0) is 6.54 Å². The lowest BCUT2D eigenvalue weighted by Gasteiger charge is -2.27. The van der Waals surface area contributed by atoms with Crippen LogP contribution in [0.5, 0.6) is 0 Å². The molecule has 0 bridgehead atoms. The highest BCUT2D eigenvalue weighted by molar-refractivity contribution is 5.62. The minimum atomic E-state index is -0.325. The molecule has 1 atom stereocenters. The highest BCUT2D eigenvalue weighted by Crippen LogP contribution is 2.29. The Bertz CT molecular complexity index is 502. The number of nitro groups is 1. The minimum Gasteiger partial charge on any atom is -0.380 e. The summed E-state index contributed by atoms with van der Waals surface area (Å²) in [5, 5.41) is 14.1. The van der Waals surface area contributed by atoms with Crippen LogP contribution in [0.15, 0.2) is 18.2 Å². The third-order valence-corrected chi connectivity index (χ3v) is 4.19. The molecule has 1 fully saturated rings. The predicted octanol–water partition coefficient (Wildman–Crippen LogP) is 3.65. The van der Waals surface area contributed by atoms with Crippen molar-refractivity contribution in [1.29, 1.82) is 0 Å². The molecule has 5 heteroatoms. The van der Waals surface area contributed by atoms with E-state index in [0.29, 0.717) is 24.2 Å². The second kappa shape index (κ2) is 6.89. The van der Waals surface area contributed by atoms with Crippen LogP contribution in [0.4, 0.5) is 11.4 Å². The van der Waals surface area contributed by atoms with Gasteiger partial charge in [-0.2, -0.15) is 0 Å². The van der Waals surface area contributed by atoms with Gasteiger partial charge in [0.2, 0.25) is 0 Å². The first-order valence-corrected chi connectivity index (χ1v) is 7.78. The Morgan fingerprint density at radius 2 is 2.24 bits per heavy atom. The lowest BCUT2D eigenvalue weighted by atomic mass is 10.0. The molecule has 2 rings (SSSR count). The summed E-state index contributed by atoms with van der Waals surface area (Å²) in [4.78, 5) is 13.2. The Hall–Kier alpha value is -1.62. The average molecular weight is 291 g/mol. The molecule has 0 amide bonds. The van der Waals surface area contributed by atoms with Crippen molar-refractivity contribution in [3.63, 3.8) is 0 Å². The van der Waals surface area contributed by atoms with Gasteiger partial charge in [0.15, 0.2) is 0 Å². The summed E-state index contributed by atoms with van der Waals surface area (Å²) >= 11 is 0. The van der Waals surface area contributed by atoms with Crippen LogP contribution < -0.4 is 5.32 Å². The van der Waals surface area contributed by atoms with Gasteiger partial charge in [0, 0.05) is 25.2 Å². The number of nitrogens with zero attached hydrogens (tertiary/aromatic N) is 2. The Morgan fingerprint density at radius 3 is 2.86 bits per heavy atom. The van der Waals surface area contributed by atoms with Crippen LogP contribution in [0.3, 0.4) is 0 Å². The Kier molecular flexibility index (Phi) is 5.17. The molecule has 1 N–H and O–H groups in total. The van der Waals surface area contributed by atoms with Gasteiger partial charge >= 0.3 is 0 Å². The normalized spacial score (nSPS) is 19.1. The quantitative estimate of drug-likeness (QED) is 0.642. The fraction of sp³-hybridized carbons (Fsp3) is 0.625. The minimum absolute atomic E-state index is 0.155. The van der Waals surface area contributed by atoms with Gasteiger partial charge in [0.1, 0.15) is 5.69 Å². The summed E-state index contributed by atoms with van der Waals surface area (Å²) < 4.78 is 0. The maximum Gasteiger partial charge on any atom is 0.292 e. The van der Waals surface area contributed by atoms with Gasteiger partial charge in [-0.25, -0.2) is 0 Å². The van der Waals surface area contributed by atoms with Gasteiger partial charge in [-0.05, 0) is 43.9 Å². The highest BCUT2D eigenvalue weighted by Gasteiger charge is 2.27. The molecule has 0 aliphatic carbocycles. The van der Waals surface area contributed by atoms with Crippen LogP contribution >= 0.6 is 0 Å². The van der Waals surface area contributed by atoms with Crippen molar-refractivity contribution in [3.05, 3.63) is 33.9 Å². The van der Waals surface area contributed by atoms with E-state index in [1.165, 1.54) is 12.8 Å². The van der Waals surface area contributed by atoms with Crippen molar-refractivity contribution in [2.75, 3.05) is 18.4 Å². The van der Waals surface area contributed by atoms with Gasteiger partial charge < -0.3 is 5.32 Å². The molecule has 1 aromatic rings. The van der Waals surface area contributed by atoms with Crippen molar-refractivity contribution in [1.82, 2.24) is 4.90 Å². The Balaban J connectivity index is 2.17. The van der Waals surface area contributed by atoms with Gasteiger partial charge in [-0.15, -0.1) is 0 Å². The van der Waals surface area contributed by atoms with Gasteiger partial charge in [0.05, 0.1) is 4.92 Å². The Morgan fingerprint density at radius 1 is 1.48 bits per heavy atom. The standard InChI is InChI=1S/C16H25N3O2/c1-4-17-14-10-13(7-8-16(14)19(20)21)11-18-9-5-6-15(18)12(2)3/h7-8,10,12,15,17H,4-6,9,11H2,1-3H3. The van der Waals surface area contributed by atoms with Gasteiger partial charge in [0.25, 0.3) is 5.69 Å². The molecule has 21 heavy (non-hydrogen) atoms. The molecule has 1 saturated heterocycles. The highest BCUT2D eigenvalue weighted by atomic mass is 16.6. The molecule has 116 valence electrons. The molecule has 1 aliphatic rings. The van der Waals surface area contributed by atoms with E-state index in [1.54, 1.807) is 6.07 Å². The molecule has 1 unspecified atom stereocenters. The summed E-state index contributed by atoms with van der Waals surface area (Å²) in [7, 11) is 0. The number of likely N-dealkylation sites (tertiary alicyclic amines) is 1. The molecule has 0 spiro atoms. The van der Waals surface area contributed by atoms with E-state index in [1.807, 2.05) is 19.1 Å². The lowest BCUT2D eigenvalue weighted by Crippen LogP contribution is -2.32. The zero-order valence-electron chi connectivity index (χ0n) is 13.1. The molecule has 1 aromatic carbocycles. The molecule has 0 radical (unpaired) electrons. The van der Waals surface area contributed by atoms with Crippen LogP contribution in [0.1, 0.15) is 39.2 Å². The second-order valence-electron chi connectivity index (χ2n) is 6.06. The van der Waals surface area contributed by atoms with Crippen molar-refractivity contribution in [2.45, 2.75) is 46.2 Å². The first-order chi connectivity index (χ1) is 10.0. The first-order valence-electron chi connectivity index (χ1n) is 7.78. The smallest absolute Gasteiger partial charge is 0.292 e. The van der Waals surface area contributed by atoms with E-state index in [9.17, 15) is 10.1 Å². The van der Waals surface area contributed by atoms with Crippen LogP contribution in [-0.4, -0.2) is 29.0 Å². The third-order valence-electron chi connectivity index (χ3n) is 4.19. The fourth-order valence-corrected chi connectivity index (χ4v) is 3.21. The van der Waals surface area contributed by atoms with Crippen molar-refractivity contribution >= 4 is 11.4 Å². The molecule has 1 heterocycles. The number of rotatable bonds is 6. The SMILES string of the molecule is CCNc1cc(CN2CCCC2C(C)C)ccc1[N+](=O)[O-]. The molecule has 0 saturated carbocycles. The first kappa shape index (κ1) is 15.8. The maximum atomic E-state index is 11.0. The van der Waals surface area contributed by atoms with E-state index in [-0.39, 0.29) is 10.6 Å². The lowest BCUT2D eigenvalue weighted by molar-refractivity contribution is -0.384. The zero-order chi connectivity index (χ0) is 15.4. The summed E-state index contributed by atoms with van der Waals surface area (Å²) in [5.74, 6) is 0.652. The van der Waals surface area contributed by atoms with E-state index in [0.717, 1.165) is 18.7 Å². The Labute approximate surface area is 126 Å². The fourth-order valence-electron chi connectivity index (χ4n) is 3.21. The van der Waals surface area contributed by atoms with Crippen LogP contribution in [0, 0.1) is 16.0 Å².